The molecule has 0 atom stereocenters. The lowest BCUT2D eigenvalue weighted by Crippen LogP contribution is -2.01. The van der Waals surface area contributed by atoms with Gasteiger partial charge in [-0.3, -0.25) is 4.57 Å². The Morgan fingerprint density at radius 1 is 1.26 bits per heavy atom. The number of hydrogen-bond donors (Lipinski definition) is 1. The molecule has 0 amide bonds. The molecule has 3 rings (SSSR count). The molecule has 0 aliphatic carbocycles. The van der Waals surface area contributed by atoms with Crippen molar-refractivity contribution in [1.82, 2.24) is 14.5 Å². The monoisotopic (exact) mass is 340 g/mol. The average Bonchev–Trinajstić information content (AvgIpc) is 2.62. The lowest BCUT2D eigenvalue weighted by atomic mass is 10.3. The molecule has 4 nitrogen and oxygen atoms in total. The van der Waals surface area contributed by atoms with Gasteiger partial charge in [0.05, 0.1) is 5.69 Å². The van der Waals surface area contributed by atoms with E-state index >= 15 is 0 Å². The van der Waals surface area contributed by atoms with Crippen molar-refractivity contribution in [2.45, 2.75) is 0 Å². The molecule has 0 saturated heterocycles. The van der Waals surface area contributed by atoms with Crippen molar-refractivity contribution in [2.24, 2.45) is 0 Å². The van der Waals surface area contributed by atoms with E-state index in [9.17, 15) is 4.39 Å². The molecule has 2 aromatic heterocycles. The van der Waals surface area contributed by atoms with E-state index in [0.29, 0.717) is 16.9 Å². The standard InChI is InChI=1S/C12H7BrClFN4/c13-6-1-10-11(17-5-6)19(12(16)18-10)9-3-7(14)2-8(15)4-9/h1-5H,(H2,16,18). The van der Waals surface area contributed by atoms with E-state index in [-0.39, 0.29) is 11.0 Å². The molecule has 3 aromatic rings. The summed E-state index contributed by atoms with van der Waals surface area (Å²) in [6.07, 6.45) is 1.63. The lowest BCUT2D eigenvalue weighted by molar-refractivity contribution is 0.627. The van der Waals surface area contributed by atoms with Gasteiger partial charge in [-0.05, 0) is 40.2 Å². The topological polar surface area (TPSA) is 56.7 Å². The van der Waals surface area contributed by atoms with Gasteiger partial charge in [0.1, 0.15) is 11.3 Å². The van der Waals surface area contributed by atoms with Crippen LogP contribution < -0.4 is 5.73 Å². The molecular formula is C12H7BrClFN4. The van der Waals surface area contributed by atoms with Gasteiger partial charge in [0.15, 0.2) is 5.65 Å². The molecule has 1 aromatic carbocycles. The zero-order valence-electron chi connectivity index (χ0n) is 9.44. The summed E-state index contributed by atoms with van der Waals surface area (Å²) in [6.45, 7) is 0. The fraction of sp³-hybridized carbons (Fsp3) is 0. The summed E-state index contributed by atoms with van der Waals surface area (Å²) in [5.74, 6) is -0.219. The zero-order valence-corrected chi connectivity index (χ0v) is 11.8. The van der Waals surface area contributed by atoms with Gasteiger partial charge in [-0.2, -0.15) is 0 Å². The second-order valence-electron chi connectivity index (χ2n) is 3.93. The first-order valence-corrected chi connectivity index (χ1v) is 6.47. The number of nitrogens with two attached hydrogens (primary N) is 1. The second kappa shape index (κ2) is 4.47. The van der Waals surface area contributed by atoms with Crippen LogP contribution >= 0.6 is 27.5 Å². The molecule has 0 fully saturated rings. The number of pyridine rings is 1. The van der Waals surface area contributed by atoms with Gasteiger partial charge in [0, 0.05) is 15.7 Å². The number of anilines is 1. The Balaban J connectivity index is 2.32. The number of rotatable bonds is 1. The lowest BCUT2D eigenvalue weighted by Gasteiger charge is -2.06. The number of nitrogen functional groups attached to an aromatic ring is 1. The maximum atomic E-state index is 13.4. The number of nitrogens with zero attached hydrogens (tertiary/aromatic N) is 3. The van der Waals surface area contributed by atoms with Crippen molar-refractivity contribution >= 4 is 44.6 Å². The summed E-state index contributed by atoms with van der Waals surface area (Å²) in [7, 11) is 0. The Morgan fingerprint density at radius 3 is 2.79 bits per heavy atom. The zero-order chi connectivity index (χ0) is 13.6. The molecule has 7 heteroatoms. The fourth-order valence-electron chi connectivity index (χ4n) is 1.88. The summed E-state index contributed by atoms with van der Waals surface area (Å²) < 4.78 is 15.8. The van der Waals surface area contributed by atoms with E-state index in [1.54, 1.807) is 22.9 Å². The molecule has 0 unspecified atom stereocenters. The summed E-state index contributed by atoms with van der Waals surface area (Å²) in [4.78, 5) is 8.44. The average molecular weight is 342 g/mol. The maximum absolute atomic E-state index is 13.4. The van der Waals surface area contributed by atoms with Crippen molar-refractivity contribution in [3.05, 3.63) is 45.8 Å². The molecule has 19 heavy (non-hydrogen) atoms. The SMILES string of the molecule is Nc1nc2cc(Br)cnc2n1-c1cc(F)cc(Cl)c1. The van der Waals surface area contributed by atoms with Crippen LogP contribution in [0.2, 0.25) is 5.02 Å². The van der Waals surface area contributed by atoms with Crippen LogP contribution in [0.3, 0.4) is 0 Å². The van der Waals surface area contributed by atoms with E-state index < -0.39 is 5.82 Å². The molecule has 96 valence electrons. The highest BCUT2D eigenvalue weighted by atomic mass is 79.9. The maximum Gasteiger partial charge on any atom is 0.207 e. The number of hydrogen-bond acceptors (Lipinski definition) is 3. The molecule has 0 radical (unpaired) electrons. The summed E-state index contributed by atoms with van der Waals surface area (Å²) in [6, 6.07) is 5.94. The molecule has 0 spiro atoms. The number of halogens is 3. The van der Waals surface area contributed by atoms with Crippen molar-refractivity contribution in [3.63, 3.8) is 0 Å². The number of imidazole rings is 1. The van der Waals surface area contributed by atoms with Gasteiger partial charge >= 0.3 is 0 Å². The van der Waals surface area contributed by atoms with Crippen LogP contribution in [-0.4, -0.2) is 14.5 Å². The van der Waals surface area contributed by atoms with E-state index in [0.717, 1.165) is 4.47 Å². The fourth-order valence-corrected chi connectivity index (χ4v) is 2.42. The van der Waals surface area contributed by atoms with E-state index in [4.69, 9.17) is 17.3 Å². The van der Waals surface area contributed by atoms with Crippen LogP contribution in [0, 0.1) is 5.82 Å². The first-order valence-electron chi connectivity index (χ1n) is 5.30. The van der Waals surface area contributed by atoms with Crippen LogP contribution in [0.1, 0.15) is 0 Å². The largest absolute Gasteiger partial charge is 0.369 e. The van der Waals surface area contributed by atoms with E-state index in [2.05, 4.69) is 25.9 Å². The Bertz CT molecular complexity index is 766. The van der Waals surface area contributed by atoms with E-state index in [1.807, 2.05) is 0 Å². The first kappa shape index (κ1) is 12.4. The van der Waals surface area contributed by atoms with Gasteiger partial charge in [0.25, 0.3) is 0 Å². The Kier molecular flexibility index (Phi) is 2.91. The van der Waals surface area contributed by atoms with Crippen LogP contribution in [0.25, 0.3) is 16.9 Å². The van der Waals surface area contributed by atoms with Gasteiger partial charge in [0.2, 0.25) is 5.95 Å². The molecule has 0 aliphatic rings. The van der Waals surface area contributed by atoms with Crippen molar-refractivity contribution < 1.29 is 4.39 Å². The Morgan fingerprint density at radius 2 is 2.05 bits per heavy atom. The van der Waals surface area contributed by atoms with Crippen molar-refractivity contribution in [3.8, 4) is 5.69 Å². The molecule has 2 N–H and O–H groups in total. The third-order valence-electron chi connectivity index (χ3n) is 2.60. The normalized spacial score (nSPS) is 11.1. The minimum absolute atomic E-state index is 0.224. The van der Waals surface area contributed by atoms with Crippen LogP contribution in [-0.2, 0) is 0 Å². The Labute approximate surface area is 121 Å². The van der Waals surface area contributed by atoms with Gasteiger partial charge < -0.3 is 5.73 Å². The number of aromatic nitrogens is 3. The van der Waals surface area contributed by atoms with E-state index in [1.165, 1.54) is 12.1 Å². The minimum atomic E-state index is -0.444. The quantitative estimate of drug-likeness (QED) is 0.736. The van der Waals surface area contributed by atoms with Crippen LogP contribution in [0.4, 0.5) is 10.3 Å². The predicted octanol–water partition coefficient (Wildman–Crippen LogP) is 3.56. The molecule has 2 heterocycles. The minimum Gasteiger partial charge on any atom is -0.369 e. The molecular weight excluding hydrogens is 335 g/mol. The highest BCUT2D eigenvalue weighted by molar-refractivity contribution is 9.10. The third kappa shape index (κ3) is 2.17. The second-order valence-corrected chi connectivity index (χ2v) is 5.28. The first-order chi connectivity index (χ1) is 9.04. The molecule has 0 aliphatic heterocycles. The highest BCUT2D eigenvalue weighted by Gasteiger charge is 2.13. The van der Waals surface area contributed by atoms with Gasteiger partial charge in [-0.25, -0.2) is 14.4 Å². The van der Waals surface area contributed by atoms with Crippen LogP contribution in [0.15, 0.2) is 34.9 Å². The third-order valence-corrected chi connectivity index (χ3v) is 3.25. The molecule has 0 bridgehead atoms. The highest BCUT2D eigenvalue weighted by Crippen LogP contribution is 2.25. The summed E-state index contributed by atoms with van der Waals surface area (Å²) in [5, 5.41) is 0.286. The number of fused-ring (bicyclic) bond motifs is 1. The van der Waals surface area contributed by atoms with Gasteiger partial charge in [-0.1, -0.05) is 11.6 Å². The van der Waals surface area contributed by atoms with Crippen LogP contribution in [0.5, 0.6) is 0 Å². The van der Waals surface area contributed by atoms with Crippen molar-refractivity contribution in [2.75, 3.05) is 5.73 Å². The van der Waals surface area contributed by atoms with Gasteiger partial charge in [-0.15, -0.1) is 0 Å². The summed E-state index contributed by atoms with van der Waals surface area (Å²) >= 11 is 9.17. The predicted molar refractivity (Wildman–Crippen MR) is 75.9 cm³/mol. The van der Waals surface area contributed by atoms with Crippen molar-refractivity contribution in [1.29, 1.82) is 0 Å². The molecule has 0 saturated carbocycles. The Hall–Kier alpha value is -1.66. The smallest absolute Gasteiger partial charge is 0.207 e. The number of benzene rings is 1. The summed E-state index contributed by atoms with van der Waals surface area (Å²) in [5.41, 5.74) is 7.51.